The van der Waals surface area contributed by atoms with Crippen molar-refractivity contribution in [1.82, 2.24) is 20.8 Å². The highest BCUT2D eigenvalue weighted by molar-refractivity contribution is 5.32. The summed E-state index contributed by atoms with van der Waals surface area (Å²) < 4.78 is 51.0. The number of hydrogen-bond donors (Lipinski definition) is 3. The van der Waals surface area contributed by atoms with Crippen LogP contribution < -0.4 is 11.3 Å². The van der Waals surface area contributed by atoms with Gasteiger partial charge in [0.05, 0.1) is 17.8 Å². The van der Waals surface area contributed by atoms with Crippen LogP contribution in [0.3, 0.4) is 0 Å². The summed E-state index contributed by atoms with van der Waals surface area (Å²) in [6, 6.07) is 1.81. The van der Waals surface area contributed by atoms with E-state index in [1.807, 2.05) is 0 Å². The van der Waals surface area contributed by atoms with Gasteiger partial charge >= 0.3 is 6.18 Å². The molecule has 0 saturated carbocycles. The van der Waals surface area contributed by atoms with Crippen molar-refractivity contribution in [3.8, 4) is 0 Å². The van der Waals surface area contributed by atoms with Crippen molar-refractivity contribution in [2.45, 2.75) is 12.2 Å². The molecule has 102 valence electrons. The second-order valence-electron chi connectivity index (χ2n) is 3.73. The number of halogens is 4. The van der Waals surface area contributed by atoms with Crippen molar-refractivity contribution in [1.29, 1.82) is 0 Å². The van der Waals surface area contributed by atoms with Crippen LogP contribution >= 0.6 is 0 Å². The van der Waals surface area contributed by atoms with E-state index in [0.717, 1.165) is 6.07 Å². The van der Waals surface area contributed by atoms with Crippen LogP contribution in [0, 0.1) is 5.82 Å². The number of rotatable bonds is 3. The molecule has 0 aliphatic carbocycles. The van der Waals surface area contributed by atoms with Gasteiger partial charge in [-0.15, -0.1) is 0 Å². The van der Waals surface area contributed by atoms with Crippen molar-refractivity contribution in [2.24, 2.45) is 5.84 Å². The molecule has 1 aromatic heterocycles. The lowest BCUT2D eigenvalue weighted by molar-refractivity contribution is -0.140. The number of alkyl halides is 3. The number of aromatic amines is 1. The first-order valence-corrected chi connectivity index (χ1v) is 5.12. The average molecular weight is 275 g/mol. The maximum atomic E-state index is 13.2. The minimum Gasteiger partial charge on any atom is -0.271 e. The second-order valence-corrected chi connectivity index (χ2v) is 3.73. The van der Waals surface area contributed by atoms with E-state index in [1.165, 1.54) is 12.3 Å². The Balaban J connectivity index is 2.45. The molecule has 0 amide bonds. The lowest BCUT2D eigenvalue weighted by atomic mass is 10.0. The topological polar surface area (TPSA) is 79.6 Å². The highest BCUT2D eigenvalue weighted by Crippen LogP contribution is 2.33. The summed E-state index contributed by atoms with van der Waals surface area (Å²) >= 11 is 0. The van der Waals surface area contributed by atoms with Gasteiger partial charge in [-0.2, -0.15) is 28.6 Å². The summed E-state index contributed by atoms with van der Waals surface area (Å²) in [5.41, 5.74) is 1.38. The van der Waals surface area contributed by atoms with Crippen LogP contribution in [0.4, 0.5) is 17.6 Å². The first kappa shape index (κ1) is 13.4. The molecule has 0 fully saturated rings. The highest BCUT2D eigenvalue weighted by Gasteiger charge is 2.35. The van der Waals surface area contributed by atoms with Crippen LogP contribution in [0.25, 0.3) is 0 Å². The summed E-state index contributed by atoms with van der Waals surface area (Å²) in [5.74, 6) is 3.95. The Bertz CT molecular complexity index is 552. The summed E-state index contributed by atoms with van der Waals surface area (Å²) in [5, 5.41) is 9.58. The standard InChI is InChI=1S/C10H9F4N5/c11-7-2-1-5(3-6(7)10(12,13)14)9(17-15)8-4-16-19-18-8/h1-4,9,17H,15H2,(H,16,18,19). The summed E-state index contributed by atoms with van der Waals surface area (Å²) in [4.78, 5) is 0. The Labute approximate surface area is 104 Å². The highest BCUT2D eigenvalue weighted by atomic mass is 19.4. The molecule has 1 atom stereocenters. The van der Waals surface area contributed by atoms with Crippen molar-refractivity contribution in [2.75, 3.05) is 0 Å². The largest absolute Gasteiger partial charge is 0.419 e. The third-order valence-electron chi connectivity index (χ3n) is 2.53. The summed E-state index contributed by atoms with van der Waals surface area (Å²) in [7, 11) is 0. The van der Waals surface area contributed by atoms with Gasteiger partial charge in [-0.1, -0.05) is 6.07 Å². The number of aromatic nitrogens is 3. The lowest BCUT2D eigenvalue weighted by Crippen LogP contribution is -2.29. The van der Waals surface area contributed by atoms with Crippen molar-refractivity contribution in [3.63, 3.8) is 0 Å². The number of benzene rings is 1. The Morgan fingerprint density at radius 1 is 1.32 bits per heavy atom. The van der Waals surface area contributed by atoms with Crippen LogP contribution in [0.2, 0.25) is 0 Å². The fourth-order valence-corrected chi connectivity index (χ4v) is 1.64. The maximum absolute atomic E-state index is 13.2. The van der Waals surface area contributed by atoms with E-state index < -0.39 is 23.6 Å². The van der Waals surface area contributed by atoms with Gasteiger partial charge in [-0.25, -0.2) is 9.82 Å². The molecule has 19 heavy (non-hydrogen) atoms. The van der Waals surface area contributed by atoms with E-state index in [4.69, 9.17) is 5.84 Å². The summed E-state index contributed by atoms with van der Waals surface area (Å²) in [6.07, 6.45) is -3.47. The molecule has 5 nitrogen and oxygen atoms in total. The fraction of sp³-hybridized carbons (Fsp3) is 0.200. The van der Waals surface area contributed by atoms with E-state index in [9.17, 15) is 17.6 Å². The average Bonchev–Trinajstić information content (AvgIpc) is 2.84. The third-order valence-corrected chi connectivity index (χ3v) is 2.53. The van der Waals surface area contributed by atoms with Crippen LogP contribution in [0.15, 0.2) is 24.4 Å². The first-order chi connectivity index (χ1) is 8.93. The third kappa shape index (κ3) is 2.71. The molecule has 1 unspecified atom stereocenters. The Morgan fingerprint density at radius 2 is 2.05 bits per heavy atom. The van der Waals surface area contributed by atoms with Crippen LogP contribution in [0.5, 0.6) is 0 Å². The number of nitrogens with zero attached hydrogens (tertiary/aromatic N) is 2. The Morgan fingerprint density at radius 3 is 2.58 bits per heavy atom. The van der Waals surface area contributed by atoms with Gasteiger partial charge < -0.3 is 0 Å². The van der Waals surface area contributed by atoms with E-state index in [1.54, 1.807) is 0 Å². The SMILES string of the molecule is NNC(c1ccc(F)c(C(F)(F)F)c1)c1cn[nH]n1. The molecular formula is C10H9F4N5. The first-order valence-electron chi connectivity index (χ1n) is 5.12. The van der Waals surface area contributed by atoms with Gasteiger partial charge in [0.25, 0.3) is 0 Å². The molecule has 0 aliphatic heterocycles. The van der Waals surface area contributed by atoms with Crippen LogP contribution in [0.1, 0.15) is 22.9 Å². The van der Waals surface area contributed by atoms with Gasteiger partial charge in [-0.05, 0) is 17.7 Å². The molecule has 2 aromatic rings. The molecular weight excluding hydrogens is 266 g/mol. The number of nitrogens with one attached hydrogen (secondary N) is 2. The van der Waals surface area contributed by atoms with E-state index >= 15 is 0 Å². The van der Waals surface area contributed by atoms with Gasteiger partial charge in [0.2, 0.25) is 0 Å². The predicted octanol–water partition coefficient (Wildman–Crippen LogP) is 1.52. The molecule has 0 radical (unpaired) electrons. The molecule has 1 aromatic carbocycles. The molecule has 4 N–H and O–H groups in total. The van der Waals surface area contributed by atoms with Gasteiger partial charge in [0.15, 0.2) is 0 Å². The van der Waals surface area contributed by atoms with Gasteiger partial charge in [-0.3, -0.25) is 5.84 Å². The van der Waals surface area contributed by atoms with Crippen molar-refractivity contribution in [3.05, 3.63) is 47.0 Å². The molecule has 1 heterocycles. The maximum Gasteiger partial charge on any atom is 0.419 e. The van der Waals surface area contributed by atoms with Gasteiger partial charge in [0.1, 0.15) is 11.5 Å². The monoisotopic (exact) mass is 275 g/mol. The quantitative estimate of drug-likeness (QED) is 0.451. The van der Waals surface area contributed by atoms with Crippen molar-refractivity contribution >= 4 is 0 Å². The molecule has 0 spiro atoms. The molecule has 0 aliphatic rings. The Kier molecular flexibility index (Phi) is 3.49. The zero-order valence-electron chi connectivity index (χ0n) is 9.37. The number of hydrazine groups is 1. The van der Waals surface area contributed by atoms with E-state index in [0.29, 0.717) is 11.8 Å². The smallest absolute Gasteiger partial charge is 0.271 e. The van der Waals surface area contributed by atoms with E-state index in [2.05, 4.69) is 20.8 Å². The molecule has 0 bridgehead atoms. The minimum absolute atomic E-state index is 0.130. The van der Waals surface area contributed by atoms with E-state index in [-0.39, 0.29) is 5.56 Å². The fourth-order valence-electron chi connectivity index (χ4n) is 1.64. The lowest BCUT2D eigenvalue weighted by Gasteiger charge is -2.16. The number of nitrogens with two attached hydrogens (primary N) is 1. The summed E-state index contributed by atoms with van der Waals surface area (Å²) in [6.45, 7) is 0. The Hall–Kier alpha value is -2.00. The predicted molar refractivity (Wildman–Crippen MR) is 57.0 cm³/mol. The second kappa shape index (κ2) is 4.94. The molecule has 0 saturated heterocycles. The van der Waals surface area contributed by atoms with Gasteiger partial charge in [0, 0.05) is 0 Å². The molecule has 2 rings (SSSR count). The number of hydrogen-bond acceptors (Lipinski definition) is 4. The van der Waals surface area contributed by atoms with Crippen LogP contribution in [-0.4, -0.2) is 15.4 Å². The van der Waals surface area contributed by atoms with Crippen LogP contribution in [-0.2, 0) is 6.18 Å². The normalized spacial score (nSPS) is 13.5. The zero-order chi connectivity index (χ0) is 14.0. The molecule has 9 heteroatoms. The number of H-pyrrole nitrogens is 1. The minimum atomic E-state index is -4.77. The zero-order valence-corrected chi connectivity index (χ0v) is 9.37. The van der Waals surface area contributed by atoms with Crippen molar-refractivity contribution < 1.29 is 17.6 Å².